The topological polar surface area (TPSA) is 61.6 Å². The van der Waals surface area contributed by atoms with Gasteiger partial charge < -0.3 is 5.32 Å². The van der Waals surface area contributed by atoms with Crippen LogP contribution >= 0.6 is 23.1 Å². The maximum Gasteiger partial charge on any atom is 0.210 e. The highest BCUT2D eigenvalue weighted by atomic mass is 32.2. The molecule has 7 heteroatoms. The van der Waals surface area contributed by atoms with E-state index >= 15 is 0 Å². The quantitative estimate of drug-likeness (QED) is 0.671. The van der Waals surface area contributed by atoms with Crippen LogP contribution in [0.4, 0.5) is 15.2 Å². The van der Waals surface area contributed by atoms with Crippen molar-refractivity contribution in [2.75, 3.05) is 11.1 Å². The highest BCUT2D eigenvalue weighted by Gasteiger charge is 2.07. The van der Waals surface area contributed by atoms with Crippen molar-refractivity contribution in [2.45, 2.75) is 10.8 Å². The Morgan fingerprint density at radius 3 is 3.00 bits per heavy atom. The summed E-state index contributed by atoms with van der Waals surface area (Å²) < 4.78 is 14.2. The minimum absolute atomic E-state index is 0.327. The van der Waals surface area contributed by atoms with Crippen LogP contribution in [0.3, 0.4) is 0 Å². The first-order valence-electron chi connectivity index (χ1n) is 5.14. The molecule has 1 aromatic carbocycles. The van der Waals surface area contributed by atoms with E-state index in [1.807, 2.05) is 0 Å². The Bertz CT molecular complexity index is 564. The van der Waals surface area contributed by atoms with Gasteiger partial charge in [0, 0.05) is 12.2 Å². The molecule has 2 rings (SSSR count). The van der Waals surface area contributed by atoms with Crippen LogP contribution in [0.1, 0.15) is 6.42 Å². The zero-order valence-corrected chi connectivity index (χ0v) is 10.9. The molecule has 2 aromatic rings. The van der Waals surface area contributed by atoms with E-state index in [0.29, 0.717) is 23.0 Å². The predicted octanol–water partition coefficient (Wildman–Crippen LogP) is 3.43. The number of nitrogens with one attached hydrogen (secondary N) is 1. The molecule has 1 aromatic heterocycles. The van der Waals surface area contributed by atoms with Gasteiger partial charge in [0.1, 0.15) is 5.82 Å². The molecular formula is C11H9FN4S2. The second kappa shape index (κ2) is 6.33. The molecule has 0 aliphatic heterocycles. The van der Waals surface area contributed by atoms with E-state index in [1.165, 1.54) is 29.2 Å². The number of nitriles is 1. The average molecular weight is 280 g/mol. The van der Waals surface area contributed by atoms with E-state index in [2.05, 4.69) is 21.6 Å². The van der Waals surface area contributed by atoms with Gasteiger partial charge in [0.05, 0.1) is 11.8 Å². The second-order valence-corrected chi connectivity index (χ2v) is 5.55. The smallest absolute Gasteiger partial charge is 0.210 e. The number of nitrogens with zero attached hydrogens (tertiary/aromatic N) is 3. The van der Waals surface area contributed by atoms with Crippen molar-refractivity contribution in [2.24, 2.45) is 0 Å². The van der Waals surface area contributed by atoms with Gasteiger partial charge >= 0.3 is 0 Å². The van der Waals surface area contributed by atoms with Crippen LogP contribution in [0.15, 0.2) is 28.6 Å². The summed E-state index contributed by atoms with van der Waals surface area (Å²) in [6.45, 7) is 0. The third kappa shape index (κ3) is 3.42. The molecule has 0 bridgehead atoms. The molecular weight excluding hydrogens is 271 g/mol. The van der Waals surface area contributed by atoms with Crippen molar-refractivity contribution in [3.05, 3.63) is 30.1 Å². The van der Waals surface area contributed by atoms with E-state index < -0.39 is 0 Å². The Morgan fingerprint density at radius 1 is 1.39 bits per heavy atom. The van der Waals surface area contributed by atoms with Crippen LogP contribution in [-0.2, 0) is 0 Å². The standard InChI is InChI=1S/C11H9FN4S2/c12-8-4-1-2-5-9(8)14-10-15-16-11(18-10)17-7-3-6-13/h1-2,4-5H,3,7H2,(H,14,15). The lowest BCUT2D eigenvalue weighted by molar-refractivity contribution is 0.632. The predicted molar refractivity (Wildman–Crippen MR) is 70.5 cm³/mol. The molecule has 0 saturated carbocycles. The SMILES string of the molecule is N#CCCSc1nnc(Nc2ccccc2F)s1. The van der Waals surface area contributed by atoms with Gasteiger partial charge in [0.25, 0.3) is 0 Å². The minimum atomic E-state index is -0.327. The molecule has 18 heavy (non-hydrogen) atoms. The summed E-state index contributed by atoms with van der Waals surface area (Å²) in [5.74, 6) is 0.358. The molecule has 0 amide bonds. The molecule has 4 nitrogen and oxygen atoms in total. The minimum Gasteiger partial charge on any atom is -0.328 e. The Balaban J connectivity index is 1.99. The summed E-state index contributed by atoms with van der Waals surface area (Å²) in [6, 6.07) is 8.46. The Labute approximate surface area is 112 Å². The van der Waals surface area contributed by atoms with Gasteiger partial charge in [-0.2, -0.15) is 5.26 Å². The molecule has 0 aliphatic rings. The third-order valence-electron chi connectivity index (χ3n) is 1.96. The first-order chi connectivity index (χ1) is 8.79. The van der Waals surface area contributed by atoms with Crippen LogP contribution in [0.5, 0.6) is 0 Å². The fourth-order valence-electron chi connectivity index (χ4n) is 1.18. The van der Waals surface area contributed by atoms with E-state index in [1.54, 1.807) is 18.2 Å². The lowest BCUT2D eigenvalue weighted by Gasteiger charge is -2.01. The summed E-state index contributed by atoms with van der Waals surface area (Å²) in [5.41, 5.74) is 0.377. The summed E-state index contributed by atoms with van der Waals surface area (Å²) in [4.78, 5) is 0. The number of anilines is 2. The number of halogens is 1. The van der Waals surface area contributed by atoms with Gasteiger partial charge in [-0.05, 0) is 12.1 Å². The number of thioether (sulfide) groups is 1. The van der Waals surface area contributed by atoms with Crippen LogP contribution < -0.4 is 5.32 Å². The fourth-order valence-corrected chi connectivity index (χ4v) is 2.86. The number of hydrogen-bond acceptors (Lipinski definition) is 6. The highest BCUT2D eigenvalue weighted by Crippen LogP contribution is 2.28. The molecule has 0 atom stereocenters. The summed E-state index contributed by atoms with van der Waals surface area (Å²) >= 11 is 2.81. The zero-order chi connectivity index (χ0) is 12.8. The molecule has 1 N–H and O–H groups in total. The zero-order valence-electron chi connectivity index (χ0n) is 9.26. The molecule has 0 fully saturated rings. The second-order valence-electron chi connectivity index (χ2n) is 3.23. The fraction of sp³-hybridized carbons (Fsp3) is 0.182. The normalized spacial score (nSPS) is 10.0. The number of benzene rings is 1. The molecule has 0 saturated heterocycles. The van der Waals surface area contributed by atoms with E-state index in [9.17, 15) is 4.39 Å². The third-order valence-corrected chi connectivity index (χ3v) is 3.94. The maximum absolute atomic E-state index is 13.4. The van der Waals surface area contributed by atoms with Gasteiger partial charge in [0.2, 0.25) is 5.13 Å². The lowest BCUT2D eigenvalue weighted by atomic mass is 10.3. The van der Waals surface area contributed by atoms with Gasteiger partial charge in [-0.3, -0.25) is 0 Å². The van der Waals surface area contributed by atoms with E-state index in [0.717, 1.165) is 4.34 Å². The molecule has 0 radical (unpaired) electrons. The molecule has 1 heterocycles. The highest BCUT2D eigenvalue weighted by molar-refractivity contribution is 8.01. The number of hydrogen-bond donors (Lipinski definition) is 1. The largest absolute Gasteiger partial charge is 0.328 e. The van der Waals surface area contributed by atoms with Crippen LogP contribution in [0, 0.1) is 17.1 Å². The monoisotopic (exact) mass is 280 g/mol. The Hall–Kier alpha value is -1.65. The van der Waals surface area contributed by atoms with Gasteiger partial charge in [0.15, 0.2) is 4.34 Å². The van der Waals surface area contributed by atoms with Crippen molar-refractivity contribution in [3.63, 3.8) is 0 Å². The van der Waals surface area contributed by atoms with Gasteiger partial charge in [-0.15, -0.1) is 10.2 Å². The molecule has 92 valence electrons. The first kappa shape index (κ1) is 12.8. The van der Waals surface area contributed by atoms with Crippen molar-refractivity contribution >= 4 is 33.9 Å². The van der Waals surface area contributed by atoms with Crippen LogP contribution in [0.25, 0.3) is 0 Å². The van der Waals surface area contributed by atoms with Crippen LogP contribution in [0.2, 0.25) is 0 Å². The van der Waals surface area contributed by atoms with Crippen molar-refractivity contribution in [1.29, 1.82) is 5.26 Å². The number of aromatic nitrogens is 2. The van der Waals surface area contributed by atoms with Crippen molar-refractivity contribution < 1.29 is 4.39 Å². The maximum atomic E-state index is 13.4. The molecule has 0 aliphatic carbocycles. The molecule has 0 unspecified atom stereocenters. The number of para-hydroxylation sites is 1. The summed E-state index contributed by atoms with van der Waals surface area (Å²) in [6.07, 6.45) is 0.473. The van der Waals surface area contributed by atoms with E-state index in [4.69, 9.17) is 5.26 Å². The Kier molecular flexibility index (Phi) is 4.50. The summed E-state index contributed by atoms with van der Waals surface area (Å²) in [5, 5.41) is 19.7. The summed E-state index contributed by atoms with van der Waals surface area (Å²) in [7, 11) is 0. The van der Waals surface area contributed by atoms with Crippen molar-refractivity contribution in [3.8, 4) is 6.07 Å². The first-order valence-corrected chi connectivity index (χ1v) is 6.94. The van der Waals surface area contributed by atoms with Gasteiger partial charge in [-0.25, -0.2) is 4.39 Å². The molecule has 0 spiro atoms. The Morgan fingerprint density at radius 2 is 2.22 bits per heavy atom. The lowest BCUT2D eigenvalue weighted by Crippen LogP contribution is -1.92. The van der Waals surface area contributed by atoms with Crippen LogP contribution in [-0.4, -0.2) is 16.0 Å². The van der Waals surface area contributed by atoms with E-state index in [-0.39, 0.29) is 5.82 Å². The average Bonchev–Trinajstić information content (AvgIpc) is 2.80. The number of rotatable bonds is 5. The van der Waals surface area contributed by atoms with Gasteiger partial charge in [-0.1, -0.05) is 35.2 Å². The van der Waals surface area contributed by atoms with Crippen molar-refractivity contribution in [1.82, 2.24) is 10.2 Å².